The molecule has 0 amide bonds. The quantitative estimate of drug-likeness (QED) is 0.786. The molecule has 2 aromatic carbocycles. The summed E-state index contributed by atoms with van der Waals surface area (Å²) in [6, 6.07) is 12.1. The van der Waals surface area contributed by atoms with Crippen LogP contribution < -0.4 is 0 Å². The van der Waals surface area contributed by atoms with Crippen LogP contribution in [-0.2, 0) is 0 Å². The number of halogens is 1. The highest BCUT2D eigenvalue weighted by Gasteiger charge is 2.28. The average molecular weight is 286 g/mol. The summed E-state index contributed by atoms with van der Waals surface area (Å²) in [5, 5.41) is 12.9. The van der Waals surface area contributed by atoms with Crippen LogP contribution in [0, 0.1) is 0 Å². The molecular formula is C14H8ClN3S. The summed E-state index contributed by atoms with van der Waals surface area (Å²) in [6.07, 6.45) is 1.77. The summed E-state index contributed by atoms with van der Waals surface area (Å²) in [6.45, 7) is 0. The maximum absolute atomic E-state index is 6.24. The number of nitrogens with zero attached hydrogens (tertiary/aromatic N) is 3. The van der Waals surface area contributed by atoms with Crippen LogP contribution in [0.2, 0.25) is 5.02 Å². The van der Waals surface area contributed by atoms with Gasteiger partial charge in [0, 0.05) is 16.0 Å². The molecule has 5 heteroatoms. The summed E-state index contributed by atoms with van der Waals surface area (Å²) in [7, 11) is 0. The lowest BCUT2D eigenvalue weighted by atomic mass is 10.1. The van der Waals surface area contributed by atoms with Crippen molar-refractivity contribution in [3.63, 3.8) is 0 Å². The molecule has 1 atom stereocenters. The zero-order valence-corrected chi connectivity index (χ0v) is 11.3. The van der Waals surface area contributed by atoms with Gasteiger partial charge in [-0.15, -0.1) is 5.10 Å². The van der Waals surface area contributed by atoms with Crippen molar-refractivity contribution < 1.29 is 0 Å². The van der Waals surface area contributed by atoms with Gasteiger partial charge in [0.25, 0.3) is 0 Å². The Kier molecular flexibility index (Phi) is 2.47. The molecular weight excluding hydrogens is 278 g/mol. The van der Waals surface area contributed by atoms with Gasteiger partial charge in [-0.1, -0.05) is 41.9 Å². The molecule has 0 aliphatic carbocycles. The number of thioether (sulfide) groups is 1. The Bertz CT molecular complexity index is 779. The maximum Gasteiger partial charge on any atom is 0.138 e. The van der Waals surface area contributed by atoms with E-state index >= 15 is 0 Å². The number of benzene rings is 2. The minimum Gasteiger partial charge on any atom is -0.261 e. The molecule has 0 N–H and O–H groups in total. The Morgan fingerprint density at radius 3 is 2.79 bits per heavy atom. The first kappa shape index (κ1) is 11.2. The van der Waals surface area contributed by atoms with Crippen LogP contribution in [0.15, 0.2) is 51.6 Å². The molecule has 0 saturated carbocycles. The second kappa shape index (κ2) is 4.18. The topological polar surface area (TPSA) is 37.1 Å². The van der Waals surface area contributed by atoms with Crippen LogP contribution in [0.25, 0.3) is 10.8 Å². The van der Waals surface area contributed by atoms with E-state index in [1.165, 1.54) is 0 Å². The molecule has 0 bridgehead atoms. The third-order valence-corrected chi connectivity index (χ3v) is 4.55. The van der Waals surface area contributed by atoms with Crippen LogP contribution in [0.5, 0.6) is 0 Å². The molecule has 0 fully saturated rings. The Balaban J connectivity index is 1.91. The van der Waals surface area contributed by atoms with Crippen LogP contribution in [-0.4, -0.2) is 22.3 Å². The molecule has 2 aliphatic heterocycles. The van der Waals surface area contributed by atoms with E-state index in [1.807, 2.05) is 24.3 Å². The third-order valence-electron chi connectivity index (χ3n) is 3.17. The fourth-order valence-electron chi connectivity index (χ4n) is 2.28. The van der Waals surface area contributed by atoms with Crippen molar-refractivity contribution in [3.05, 3.63) is 47.0 Å². The van der Waals surface area contributed by atoms with E-state index in [2.05, 4.69) is 27.3 Å². The van der Waals surface area contributed by atoms with Crippen molar-refractivity contribution in [1.82, 2.24) is 0 Å². The zero-order valence-electron chi connectivity index (χ0n) is 9.75. The largest absolute Gasteiger partial charge is 0.261 e. The molecule has 0 saturated heterocycles. The van der Waals surface area contributed by atoms with Gasteiger partial charge in [0.1, 0.15) is 16.1 Å². The zero-order chi connectivity index (χ0) is 12.8. The van der Waals surface area contributed by atoms with E-state index in [0.29, 0.717) is 0 Å². The van der Waals surface area contributed by atoms with E-state index < -0.39 is 0 Å². The van der Waals surface area contributed by atoms with Gasteiger partial charge in [-0.2, -0.15) is 5.10 Å². The van der Waals surface area contributed by atoms with Gasteiger partial charge in [0.2, 0.25) is 0 Å². The lowest BCUT2D eigenvalue weighted by molar-refractivity contribution is 1.22. The fraction of sp³-hybridized carbons (Fsp3) is 0.0714. The monoisotopic (exact) mass is 285 g/mol. The van der Waals surface area contributed by atoms with E-state index in [4.69, 9.17) is 11.6 Å². The number of aliphatic imine (C=N–C) groups is 1. The normalized spacial score (nSPS) is 20.6. The predicted molar refractivity (Wildman–Crippen MR) is 82.8 cm³/mol. The summed E-state index contributed by atoms with van der Waals surface area (Å²) < 4.78 is 0. The molecule has 19 heavy (non-hydrogen) atoms. The van der Waals surface area contributed by atoms with Crippen molar-refractivity contribution in [1.29, 1.82) is 0 Å². The van der Waals surface area contributed by atoms with Gasteiger partial charge in [-0.05, 0) is 23.2 Å². The second-order valence-electron chi connectivity index (χ2n) is 4.32. The van der Waals surface area contributed by atoms with Gasteiger partial charge >= 0.3 is 0 Å². The molecule has 2 heterocycles. The Hall–Kier alpha value is -1.65. The maximum atomic E-state index is 6.24. The third kappa shape index (κ3) is 1.71. The minimum atomic E-state index is 0.00874. The van der Waals surface area contributed by atoms with Crippen molar-refractivity contribution >= 4 is 50.4 Å². The lowest BCUT2D eigenvalue weighted by Crippen LogP contribution is -2.06. The van der Waals surface area contributed by atoms with Crippen LogP contribution in [0.4, 0.5) is 0 Å². The lowest BCUT2D eigenvalue weighted by Gasteiger charge is -2.06. The van der Waals surface area contributed by atoms with E-state index in [9.17, 15) is 0 Å². The molecule has 0 spiro atoms. The highest BCUT2D eigenvalue weighted by Crippen LogP contribution is 2.33. The fourth-order valence-corrected chi connectivity index (χ4v) is 3.49. The van der Waals surface area contributed by atoms with E-state index in [0.717, 1.165) is 31.4 Å². The van der Waals surface area contributed by atoms with Crippen LogP contribution >= 0.6 is 23.4 Å². The SMILES string of the molecule is Clc1cccc2c(C3=N[C@@H]4C=NN=C4S3)cccc12. The van der Waals surface area contributed by atoms with Crippen LogP contribution in [0.1, 0.15) is 5.56 Å². The van der Waals surface area contributed by atoms with Gasteiger partial charge in [-0.25, -0.2) is 0 Å². The Labute approximate surface area is 119 Å². The molecule has 3 nitrogen and oxygen atoms in total. The molecule has 0 unspecified atom stereocenters. The van der Waals surface area contributed by atoms with Crippen molar-refractivity contribution in [2.75, 3.05) is 0 Å². The molecule has 92 valence electrons. The van der Waals surface area contributed by atoms with Gasteiger partial charge < -0.3 is 0 Å². The Morgan fingerprint density at radius 1 is 1.05 bits per heavy atom. The first-order valence-corrected chi connectivity index (χ1v) is 7.07. The summed E-state index contributed by atoms with van der Waals surface area (Å²) in [5.74, 6) is 0. The molecule has 2 aromatic rings. The number of hydrogen-bond acceptors (Lipinski definition) is 4. The van der Waals surface area contributed by atoms with Crippen molar-refractivity contribution in [2.45, 2.75) is 6.04 Å². The number of hydrogen-bond donors (Lipinski definition) is 0. The first-order chi connectivity index (χ1) is 9.33. The Morgan fingerprint density at radius 2 is 1.89 bits per heavy atom. The number of rotatable bonds is 1. The average Bonchev–Trinajstić information content (AvgIpc) is 2.99. The van der Waals surface area contributed by atoms with Gasteiger partial charge in [0.05, 0.1) is 6.21 Å². The smallest absolute Gasteiger partial charge is 0.138 e. The molecule has 0 radical (unpaired) electrons. The summed E-state index contributed by atoms with van der Waals surface area (Å²) in [4.78, 5) is 4.66. The summed E-state index contributed by atoms with van der Waals surface area (Å²) >= 11 is 7.83. The molecule has 2 aliphatic rings. The van der Waals surface area contributed by atoms with Crippen LogP contribution in [0.3, 0.4) is 0 Å². The van der Waals surface area contributed by atoms with E-state index in [1.54, 1.807) is 18.0 Å². The van der Waals surface area contributed by atoms with Gasteiger partial charge in [-0.3, -0.25) is 4.99 Å². The summed E-state index contributed by atoms with van der Waals surface area (Å²) in [5.41, 5.74) is 1.11. The standard InChI is InChI=1S/C14H8ClN3S/c15-11-6-2-3-8-9(11)4-1-5-10(8)13-17-12-7-16-18-14(12)19-13/h1-7,12H/t12-/m1/s1. The molecule has 4 rings (SSSR count). The van der Waals surface area contributed by atoms with Crippen molar-refractivity contribution in [2.24, 2.45) is 15.2 Å². The second-order valence-corrected chi connectivity index (χ2v) is 5.74. The number of fused-ring (bicyclic) bond motifs is 2. The minimum absolute atomic E-state index is 0.00874. The molecule has 0 aromatic heterocycles. The highest BCUT2D eigenvalue weighted by atomic mass is 35.5. The van der Waals surface area contributed by atoms with E-state index in [-0.39, 0.29) is 6.04 Å². The highest BCUT2D eigenvalue weighted by molar-refractivity contribution is 8.27. The van der Waals surface area contributed by atoms with Gasteiger partial charge in [0.15, 0.2) is 0 Å². The van der Waals surface area contributed by atoms with Crippen molar-refractivity contribution in [3.8, 4) is 0 Å². The predicted octanol–water partition coefficient (Wildman–Crippen LogP) is 3.75. The first-order valence-electron chi connectivity index (χ1n) is 5.87.